The summed E-state index contributed by atoms with van der Waals surface area (Å²) >= 11 is 0. The fourth-order valence-electron chi connectivity index (χ4n) is 2.05. The van der Waals surface area contributed by atoms with E-state index in [0.717, 1.165) is 12.8 Å². The monoisotopic (exact) mass is 205 g/mol. The first-order chi connectivity index (χ1) is 7.11. The van der Waals surface area contributed by atoms with Gasteiger partial charge in [0, 0.05) is 18.1 Å². The molecule has 0 N–H and O–H groups in total. The lowest BCUT2D eigenvalue weighted by molar-refractivity contribution is 0.727. The molecule has 0 aliphatic rings. The third kappa shape index (κ3) is 2.53. The Morgan fingerprint density at radius 2 is 1.80 bits per heavy atom. The lowest BCUT2D eigenvalue weighted by Crippen LogP contribution is -2.27. The Kier molecular flexibility index (Phi) is 4.19. The van der Waals surface area contributed by atoms with Crippen LogP contribution in [-0.2, 0) is 7.05 Å². The second kappa shape index (κ2) is 5.20. The molecule has 15 heavy (non-hydrogen) atoms. The molecule has 1 rings (SSSR count). The van der Waals surface area contributed by atoms with Gasteiger partial charge in [0.1, 0.15) is 0 Å². The van der Waals surface area contributed by atoms with Crippen LogP contribution in [0.2, 0.25) is 0 Å². The van der Waals surface area contributed by atoms with Crippen molar-refractivity contribution in [3.05, 3.63) is 22.3 Å². The molecule has 1 heteroatoms. The molecular weight excluding hydrogens is 182 g/mol. The Labute approximate surface area is 93.1 Å². The van der Waals surface area contributed by atoms with Crippen LogP contribution in [0, 0.1) is 0 Å². The zero-order valence-electron chi connectivity index (χ0n) is 10.7. The van der Waals surface area contributed by atoms with Gasteiger partial charge in [-0.05, 0) is 30.0 Å². The molecule has 0 aliphatic carbocycles. The third-order valence-corrected chi connectivity index (χ3v) is 2.76. The Balaban J connectivity index is 3.48. The lowest BCUT2D eigenvalue weighted by atomic mass is 10.1. The van der Waals surface area contributed by atoms with Crippen molar-refractivity contribution in [2.75, 3.05) is 0 Å². The molecule has 1 aromatic rings. The van der Waals surface area contributed by atoms with E-state index in [1.54, 1.807) is 0 Å². The molecule has 0 fully saturated rings. The summed E-state index contributed by atoms with van der Waals surface area (Å²) in [7, 11) is 2.17. The van der Waals surface area contributed by atoms with Gasteiger partial charge >= 0.3 is 0 Å². The SMILES string of the molecule is CC/C=c1/cc(C(C)C)n(C)/c1=C/CC. The molecule has 0 saturated carbocycles. The number of nitrogens with zero attached hydrogens (tertiary/aromatic N) is 1. The van der Waals surface area contributed by atoms with Crippen LogP contribution in [0.3, 0.4) is 0 Å². The van der Waals surface area contributed by atoms with E-state index < -0.39 is 0 Å². The van der Waals surface area contributed by atoms with Gasteiger partial charge in [0.05, 0.1) is 0 Å². The summed E-state index contributed by atoms with van der Waals surface area (Å²) in [6.45, 7) is 8.89. The second-order valence-corrected chi connectivity index (χ2v) is 4.35. The summed E-state index contributed by atoms with van der Waals surface area (Å²) in [6.07, 6.45) is 6.83. The van der Waals surface area contributed by atoms with Crippen LogP contribution in [0.4, 0.5) is 0 Å². The van der Waals surface area contributed by atoms with Crippen molar-refractivity contribution in [2.45, 2.75) is 46.5 Å². The first-order valence-corrected chi connectivity index (χ1v) is 5.97. The maximum absolute atomic E-state index is 2.33. The molecule has 1 heterocycles. The van der Waals surface area contributed by atoms with Crippen molar-refractivity contribution in [1.82, 2.24) is 4.57 Å². The number of hydrogen-bond donors (Lipinski definition) is 0. The fraction of sp³-hybridized carbons (Fsp3) is 0.571. The van der Waals surface area contributed by atoms with E-state index in [0.29, 0.717) is 5.92 Å². The molecule has 0 radical (unpaired) electrons. The van der Waals surface area contributed by atoms with Gasteiger partial charge in [0.25, 0.3) is 0 Å². The molecular formula is C14H23N. The van der Waals surface area contributed by atoms with Gasteiger partial charge in [0.15, 0.2) is 0 Å². The van der Waals surface area contributed by atoms with Crippen LogP contribution in [0.1, 0.15) is 52.1 Å². The molecule has 1 nitrogen and oxygen atoms in total. The highest BCUT2D eigenvalue weighted by molar-refractivity contribution is 5.32. The zero-order chi connectivity index (χ0) is 11.4. The highest BCUT2D eigenvalue weighted by Gasteiger charge is 2.05. The Bertz CT molecular complexity index is 421. The summed E-state index contributed by atoms with van der Waals surface area (Å²) in [5.41, 5.74) is 1.43. The number of aromatic nitrogens is 1. The van der Waals surface area contributed by atoms with Crippen molar-refractivity contribution >= 4 is 12.2 Å². The number of rotatable bonds is 3. The summed E-state index contributed by atoms with van der Waals surface area (Å²) in [5.74, 6) is 0.595. The maximum atomic E-state index is 2.33. The first-order valence-electron chi connectivity index (χ1n) is 5.97. The van der Waals surface area contributed by atoms with Crippen LogP contribution in [-0.4, -0.2) is 4.57 Å². The minimum absolute atomic E-state index is 0.595. The Morgan fingerprint density at radius 1 is 1.20 bits per heavy atom. The van der Waals surface area contributed by atoms with E-state index in [9.17, 15) is 0 Å². The van der Waals surface area contributed by atoms with E-state index in [1.165, 1.54) is 16.3 Å². The highest BCUT2D eigenvalue weighted by atomic mass is 14.9. The number of hydrogen-bond acceptors (Lipinski definition) is 0. The van der Waals surface area contributed by atoms with Crippen LogP contribution in [0.25, 0.3) is 12.2 Å². The third-order valence-electron chi connectivity index (χ3n) is 2.76. The van der Waals surface area contributed by atoms with E-state index in [4.69, 9.17) is 0 Å². The molecule has 0 unspecified atom stereocenters. The van der Waals surface area contributed by atoms with Crippen molar-refractivity contribution in [3.63, 3.8) is 0 Å². The average molecular weight is 205 g/mol. The molecule has 0 amide bonds. The van der Waals surface area contributed by atoms with E-state index in [-0.39, 0.29) is 0 Å². The first kappa shape index (κ1) is 12.1. The largest absolute Gasteiger partial charge is 0.348 e. The van der Waals surface area contributed by atoms with Gasteiger partial charge in [-0.25, -0.2) is 0 Å². The smallest absolute Gasteiger partial charge is 0.0436 e. The quantitative estimate of drug-likeness (QED) is 0.714. The van der Waals surface area contributed by atoms with Crippen LogP contribution in [0.5, 0.6) is 0 Å². The van der Waals surface area contributed by atoms with Crippen molar-refractivity contribution < 1.29 is 0 Å². The second-order valence-electron chi connectivity index (χ2n) is 4.35. The molecule has 84 valence electrons. The van der Waals surface area contributed by atoms with Gasteiger partial charge in [0.2, 0.25) is 0 Å². The standard InChI is InChI=1S/C14H23N/c1-6-8-12-10-14(11(3)4)15(5)13(12)9-7-2/h8-11H,6-7H2,1-5H3/b12-8-,13-9+. The predicted molar refractivity (Wildman–Crippen MR) is 68.3 cm³/mol. The van der Waals surface area contributed by atoms with Gasteiger partial charge in [-0.3, -0.25) is 0 Å². The minimum atomic E-state index is 0.595. The average Bonchev–Trinajstić information content (AvgIpc) is 2.47. The molecule has 0 aromatic carbocycles. The summed E-state index contributed by atoms with van der Waals surface area (Å²) in [4.78, 5) is 0. The summed E-state index contributed by atoms with van der Waals surface area (Å²) in [5, 5.41) is 2.77. The van der Waals surface area contributed by atoms with E-state index >= 15 is 0 Å². The lowest BCUT2D eigenvalue weighted by Gasteiger charge is -2.06. The topological polar surface area (TPSA) is 4.93 Å². The van der Waals surface area contributed by atoms with Gasteiger partial charge in [-0.15, -0.1) is 0 Å². The maximum Gasteiger partial charge on any atom is 0.0436 e. The fourth-order valence-corrected chi connectivity index (χ4v) is 2.05. The Hall–Kier alpha value is -0.980. The van der Waals surface area contributed by atoms with Crippen LogP contribution < -0.4 is 10.6 Å². The van der Waals surface area contributed by atoms with E-state index in [2.05, 4.69) is 57.5 Å². The van der Waals surface area contributed by atoms with Gasteiger partial charge in [-0.2, -0.15) is 0 Å². The minimum Gasteiger partial charge on any atom is -0.348 e. The molecule has 0 atom stereocenters. The van der Waals surface area contributed by atoms with Crippen molar-refractivity contribution in [1.29, 1.82) is 0 Å². The molecule has 0 aliphatic heterocycles. The van der Waals surface area contributed by atoms with Crippen molar-refractivity contribution in [2.24, 2.45) is 7.05 Å². The normalized spacial score (nSPS) is 14.3. The van der Waals surface area contributed by atoms with Crippen molar-refractivity contribution in [3.8, 4) is 0 Å². The summed E-state index contributed by atoms with van der Waals surface area (Å²) in [6, 6.07) is 2.33. The zero-order valence-corrected chi connectivity index (χ0v) is 10.7. The molecule has 0 bridgehead atoms. The Morgan fingerprint density at radius 3 is 2.27 bits per heavy atom. The molecule has 0 saturated heterocycles. The molecule has 1 aromatic heterocycles. The van der Waals surface area contributed by atoms with Crippen LogP contribution in [0.15, 0.2) is 6.07 Å². The predicted octanol–water partition coefficient (Wildman–Crippen LogP) is 2.53. The summed E-state index contributed by atoms with van der Waals surface area (Å²) < 4.78 is 2.33. The van der Waals surface area contributed by atoms with Crippen LogP contribution >= 0.6 is 0 Å². The van der Waals surface area contributed by atoms with Gasteiger partial charge in [-0.1, -0.05) is 39.8 Å². The molecule has 0 spiro atoms. The highest BCUT2D eigenvalue weighted by Crippen LogP contribution is 2.09. The van der Waals surface area contributed by atoms with E-state index in [1.807, 2.05) is 0 Å². The van der Waals surface area contributed by atoms with Gasteiger partial charge < -0.3 is 4.57 Å².